The van der Waals surface area contributed by atoms with Gasteiger partial charge in [-0.25, -0.2) is 0 Å². The van der Waals surface area contributed by atoms with Gasteiger partial charge < -0.3 is 14.1 Å². The first kappa shape index (κ1) is 14.6. The number of halogens is 1. The first-order valence-corrected chi connectivity index (χ1v) is 6.92. The van der Waals surface area contributed by atoms with Gasteiger partial charge in [0.15, 0.2) is 0 Å². The summed E-state index contributed by atoms with van der Waals surface area (Å²) in [6.45, 7) is 5.85. The maximum absolute atomic E-state index is 5.92. The van der Waals surface area contributed by atoms with Crippen LogP contribution in [0.2, 0.25) is 5.28 Å². The minimum absolute atomic E-state index is 0.124. The minimum Gasteiger partial charge on any atom is -0.467 e. The summed E-state index contributed by atoms with van der Waals surface area (Å²) in [6.07, 6.45) is 2.52. The van der Waals surface area contributed by atoms with Gasteiger partial charge in [0.1, 0.15) is 5.76 Å². The second kappa shape index (κ2) is 7.09. The summed E-state index contributed by atoms with van der Waals surface area (Å²) in [4.78, 5) is 14.3. The van der Waals surface area contributed by atoms with E-state index in [2.05, 4.69) is 15.0 Å². The van der Waals surface area contributed by atoms with Crippen molar-refractivity contribution in [2.75, 3.05) is 18.1 Å². The smallest absolute Gasteiger partial charge is 0.322 e. The van der Waals surface area contributed by atoms with Crippen molar-refractivity contribution in [3.05, 3.63) is 29.4 Å². The maximum Gasteiger partial charge on any atom is 0.322 e. The van der Waals surface area contributed by atoms with Crippen molar-refractivity contribution in [2.24, 2.45) is 0 Å². The van der Waals surface area contributed by atoms with Crippen molar-refractivity contribution >= 4 is 17.5 Å². The Kier molecular flexibility index (Phi) is 5.17. The van der Waals surface area contributed by atoms with E-state index < -0.39 is 0 Å². The molecule has 0 aliphatic rings. The molecule has 0 fully saturated rings. The average molecular weight is 297 g/mol. The van der Waals surface area contributed by atoms with Crippen LogP contribution in [0.5, 0.6) is 6.01 Å². The molecule has 0 saturated heterocycles. The molecule has 2 rings (SSSR count). The molecule has 0 bridgehead atoms. The van der Waals surface area contributed by atoms with Gasteiger partial charge in [0.25, 0.3) is 0 Å². The molecule has 20 heavy (non-hydrogen) atoms. The summed E-state index contributed by atoms with van der Waals surface area (Å²) < 4.78 is 10.7. The third kappa shape index (κ3) is 3.84. The Morgan fingerprint density at radius 1 is 1.30 bits per heavy atom. The van der Waals surface area contributed by atoms with E-state index in [1.165, 1.54) is 0 Å². The molecule has 0 aliphatic carbocycles. The molecule has 0 atom stereocenters. The van der Waals surface area contributed by atoms with Gasteiger partial charge >= 0.3 is 6.01 Å². The fourth-order valence-corrected chi connectivity index (χ4v) is 1.78. The van der Waals surface area contributed by atoms with Gasteiger partial charge in [-0.1, -0.05) is 6.92 Å². The van der Waals surface area contributed by atoms with Gasteiger partial charge in [0.05, 0.1) is 19.4 Å². The van der Waals surface area contributed by atoms with Crippen LogP contribution in [0.15, 0.2) is 22.8 Å². The quantitative estimate of drug-likeness (QED) is 0.783. The van der Waals surface area contributed by atoms with Gasteiger partial charge in [0.2, 0.25) is 11.2 Å². The molecular weight excluding hydrogens is 280 g/mol. The zero-order valence-electron chi connectivity index (χ0n) is 11.5. The number of hydrogen-bond acceptors (Lipinski definition) is 6. The average Bonchev–Trinajstić information content (AvgIpc) is 2.95. The molecule has 6 nitrogen and oxygen atoms in total. The minimum atomic E-state index is 0.124. The molecule has 2 aromatic heterocycles. The molecule has 0 spiro atoms. The number of rotatable bonds is 7. The second-order valence-electron chi connectivity index (χ2n) is 4.13. The third-order valence-corrected chi connectivity index (χ3v) is 2.77. The van der Waals surface area contributed by atoms with E-state index in [9.17, 15) is 0 Å². The summed E-state index contributed by atoms with van der Waals surface area (Å²) in [6, 6.07) is 4.00. The second-order valence-corrected chi connectivity index (χ2v) is 4.47. The molecule has 2 aromatic rings. The van der Waals surface area contributed by atoms with E-state index in [0.717, 1.165) is 12.2 Å². The zero-order valence-corrected chi connectivity index (χ0v) is 12.3. The molecule has 7 heteroatoms. The Bertz CT molecular complexity index is 533. The molecule has 0 radical (unpaired) electrons. The van der Waals surface area contributed by atoms with Gasteiger partial charge in [-0.15, -0.1) is 0 Å². The van der Waals surface area contributed by atoms with E-state index in [1.54, 1.807) is 6.26 Å². The fourth-order valence-electron chi connectivity index (χ4n) is 1.64. The highest BCUT2D eigenvalue weighted by Crippen LogP contribution is 2.17. The highest BCUT2D eigenvalue weighted by molar-refractivity contribution is 6.28. The number of anilines is 1. The lowest BCUT2D eigenvalue weighted by Crippen LogP contribution is -2.24. The Morgan fingerprint density at radius 2 is 2.15 bits per heavy atom. The summed E-state index contributed by atoms with van der Waals surface area (Å²) in [5.74, 6) is 1.31. The highest BCUT2D eigenvalue weighted by Gasteiger charge is 2.13. The molecular formula is C13H17ClN4O2. The molecule has 2 heterocycles. The van der Waals surface area contributed by atoms with E-state index in [1.807, 2.05) is 30.9 Å². The molecule has 0 saturated carbocycles. The lowest BCUT2D eigenvalue weighted by molar-refractivity contribution is 0.291. The fraction of sp³-hybridized carbons (Fsp3) is 0.462. The Hall–Kier alpha value is -1.82. The molecule has 0 N–H and O–H groups in total. The number of aromatic nitrogens is 3. The van der Waals surface area contributed by atoms with E-state index in [4.69, 9.17) is 20.8 Å². The van der Waals surface area contributed by atoms with Gasteiger partial charge in [0, 0.05) is 6.54 Å². The molecule has 108 valence electrons. The van der Waals surface area contributed by atoms with Crippen LogP contribution in [0.1, 0.15) is 26.0 Å². The molecule has 0 aromatic carbocycles. The first-order chi connectivity index (χ1) is 9.72. The van der Waals surface area contributed by atoms with Crippen LogP contribution in [-0.4, -0.2) is 28.1 Å². The van der Waals surface area contributed by atoms with Crippen molar-refractivity contribution in [2.45, 2.75) is 26.8 Å². The number of furan rings is 1. The summed E-state index contributed by atoms with van der Waals surface area (Å²) in [5.41, 5.74) is 0. The van der Waals surface area contributed by atoms with Crippen molar-refractivity contribution in [3.8, 4) is 6.01 Å². The van der Waals surface area contributed by atoms with E-state index in [-0.39, 0.29) is 11.3 Å². The number of nitrogens with zero attached hydrogens (tertiary/aromatic N) is 4. The Labute approximate surface area is 122 Å². The van der Waals surface area contributed by atoms with Crippen LogP contribution in [0.4, 0.5) is 5.95 Å². The molecule has 0 amide bonds. The molecule has 0 unspecified atom stereocenters. The van der Waals surface area contributed by atoms with E-state index >= 15 is 0 Å². The van der Waals surface area contributed by atoms with Crippen LogP contribution in [0.3, 0.4) is 0 Å². The number of ether oxygens (including phenoxy) is 1. The normalized spacial score (nSPS) is 10.6. The van der Waals surface area contributed by atoms with Gasteiger partial charge in [-0.2, -0.15) is 15.0 Å². The van der Waals surface area contributed by atoms with Crippen LogP contribution < -0.4 is 9.64 Å². The summed E-state index contributed by atoms with van der Waals surface area (Å²) in [7, 11) is 0. The lowest BCUT2D eigenvalue weighted by Gasteiger charge is -2.19. The van der Waals surface area contributed by atoms with Crippen molar-refractivity contribution < 1.29 is 9.15 Å². The Balaban J connectivity index is 2.17. The Morgan fingerprint density at radius 3 is 2.80 bits per heavy atom. The molecule has 0 aliphatic heterocycles. The van der Waals surface area contributed by atoms with Gasteiger partial charge in [-0.3, -0.25) is 0 Å². The standard InChI is InChI=1S/C13H17ClN4O2/c1-3-7-20-13-16-11(14)15-12(17-13)18(4-2)9-10-6-5-8-19-10/h5-6,8H,3-4,7,9H2,1-2H3. The predicted octanol–water partition coefficient (Wildman–Crippen LogP) is 2.93. The third-order valence-electron chi connectivity index (χ3n) is 2.60. The largest absolute Gasteiger partial charge is 0.467 e. The van der Waals surface area contributed by atoms with Crippen LogP contribution in [0, 0.1) is 0 Å². The van der Waals surface area contributed by atoms with Crippen molar-refractivity contribution in [1.82, 2.24) is 15.0 Å². The zero-order chi connectivity index (χ0) is 14.4. The van der Waals surface area contributed by atoms with Gasteiger partial charge in [-0.05, 0) is 37.1 Å². The monoisotopic (exact) mass is 296 g/mol. The first-order valence-electron chi connectivity index (χ1n) is 6.54. The van der Waals surface area contributed by atoms with E-state index in [0.29, 0.717) is 25.6 Å². The van der Waals surface area contributed by atoms with Crippen LogP contribution >= 0.6 is 11.6 Å². The summed E-state index contributed by atoms with van der Waals surface area (Å²) >= 11 is 5.92. The number of hydrogen-bond donors (Lipinski definition) is 0. The van der Waals surface area contributed by atoms with Crippen molar-refractivity contribution in [3.63, 3.8) is 0 Å². The summed E-state index contributed by atoms with van der Waals surface area (Å²) in [5, 5.41) is 0.124. The highest BCUT2D eigenvalue weighted by atomic mass is 35.5. The topological polar surface area (TPSA) is 64.3 Å². The van der Waals surface area contributed by atoms with Crippen molar-refractivity contribution in [1.29, 1.82) is 0 Å². The lowest BCUT2D eigenvalue weighted by atomic mass is 10.4. The van der Waals surface area contributed by atoms with Crippen LogP contribution in [0.25, 0.3) is 0 Å². The predicted molar refractivity (Wildman–Crippen MR) is 76.1 cm³/mol. The van der Waals surface area contributed by atoms with Crippen LogP contribution in [-0.2, 0) is 6.54 Å². The SMILES string of the molecule is CCCOc1nc(Cl)nc(N(CC)Cc2ccco2)n1. The maximum atomic E-state index is 5.92.